The van der Waals surface area contributed by atoms with Crippen LogP contribution < -0.4 is 4.90 Å². The second-order valence-electron chi connectivity index (χ2n) is 15.3. The van der Waals surface area contributed by atoms with E-state index in [1.807, 2.05) is 12.1 Å². The van der Waals surface area contributed by atoms with Crippen molar-refractivity contribution in [3.8, 4) is 33.4 Å². The first-order valence-corrected chi connectivity index (χ1v) is 20.1. The van der Waals surface area contributed by atoms with E-state index in [1.165, 1.54) is 27.1 Å². The molecular weight excluding hydrogens is 719 g/mol. The van der Waals surface area contributed by atoms with Crippen LogP contribution in [-0.4, -0.2) is 0 Å². The van der Waals surface area contributed by atoms with Crippen molar-refractivity contribution in [1.82, 2.24) is 0 Å². The van der Waals surface area contributed by atoms with E-state index < -0.39 is 0 Å². The summed E-state index contributed by atoms with van der Waals surface area (Å²) >= 11 is 0. The molecule has 59 heavy (non-hydrogen) atoms. The van der Waals surface area contributed by atoms with Gasteiger partial charge in [-0.15, -0.1) is 0 Å². The molecule has 0 aliphatic carbocycles. The summed E-state index contributed by atoms with van der Waals surface area (Å²) in [5, 5.41) is 9.31. The minimum absolute atomic E-state index is 0.881. The number of nitrogens with zero attached hydrogens (tertiary/aromatic N) is 1. The zero-order valence-corrected chi connectivity index (χ0v) is 32.0. The van der Waals surface area contributed by atoms with Crippen LogP contribution in [0.1, 0.15) is 0 Å². The molecule has 0 amide bonds. The highest BCUT2D eigenvalue weighted by molar-refractivity contribution is 6.14. The van der Waals surface area contributed by atoms with Crippen LogP contribution in [0.2, 0.25) is 0 Å². The standard InChI is InChI=1S/C56H35NO2/c1-2-12-38-31-42(24-23-36(38)11-1)39-15-9-16-45(32-39)57(44-28-25-37(26-29-44)43-27-30-48-47-18-6-8-22-53(47)58-54(48)35-43)52-21-7-5-17-46(52)49-19-10-20-50-51-33-40-13-3-4-14-41(40)34-55(51)59-56(49)50/h1-35H. The van der Waals surface area contributed by atoms with Crippen LogP contribution >= 0.6 is 0 Å². The lowest BCUT2D eigenvalue weighted by molar-refractivity contribution is 0.669. The normalized spacial score (nSPS) is 11.7. The lowest BCUT2D eigenvalue weighted by atomic mass is 9.97. The molecule has 3 heteroatoms. The number of para-hydroxylation sites is 3. The molecule has 3 nitrogen and oxygen atoms in total. The number of rotatable bonds is 6. The molecule has 0 radical (unpaired) electrons. The van der Waals surface area contributed by atoms with Gasteiger partial charge in [0.2, 0.25) is 0 Å². The molecule has 0 aliphatic heterocycles. The highest BCUT2D eigenvalue weighted by Gasteiger charge is 2.21. The van der Waals surface area contributed by atoms with E-state index in [0.717, 1.165) is 88.8 Å². The molecule has 0 aliphatic rings. The first kappa shape index (κ1) is 33.3. The molecule has 2 aromatic heterocycles. The van der Waals surface area contributed by atoms with Gasteiger partial charge in [0, 0.05) is 44.0 Å². The fourth-order valence-electron chi connectivity index (χ4n) is 8.92. The summed E-state index contributed by atoms with van der Waals surface area (Å²) < 4.78 is 13.1. The Morgan fingerprint density at radius 1 is 0.288 bits per heavy atom. The predicted molar refractivity (Wildman–Crippen MR) is 247 cm³/mol. The van der Waals surface area contributed by atoms with E-state index in [2.05, 4.69) is 205 Å². The number of hydrogen-bond acceptors (Lipinski definition) is 3. The minimum Gasteiger partial charge on any atom is -0.456 e. The van der Waals surface area contributed by atoms with E-state index in [-0.39, 0.29) is 0 Å². The molecule has 0 unspecified atom stereocenters. The van der Waals surface area contributed by atoms with Crippen LogP contribution in [-0.2, 0) is 0 Å². The van der Waals surface area contributed by atoms with Crippen LogP contribution in [0.3, 0.4) is 0 Å². The van der Waals surface area contributed by atoms with Gasteiger partial charge in [0.25, 0.3) is 0 Å². The summed E-state index contributed by atoms with van der Waals surface area (Å²) in [4.78, 5) is 2.38. The third-order valence-electron chi connectivity index (χ3n) is 11.8. The predicted octanol–water partition coefficient (Wildman–Crippen LogP) is 16.3. The van der Waals surface area contributed by atoms with E-state index >= 15 is 0 Å². The lowest BCUT2D eigenvalue weighted by Crippen LogP contribution is -2.11. The van der Waals surface area contributed by atoms with Crippen molar-refractivity contribution in [1.29, 1.82) is 0 Å². The fourth-order valence-corrected chi connectivity index (χ4v) is 8.92. The van der Waals surface area contributed by atoms with Crippen LogP contribution in [0.15, 0.2) is 221 Å². The summed E-state index contributed by atoms with van der Waals surface area (Å²) in [5.41, 5.74) is 13.4. The van der Waals surface area contributed by atoms with Gasteiger partial charge in [0.1, 0.15) is 22.3 Å². The SMILES string of the molecule is c1cc(-c2ccc3ccccc3c2)cc(N(c2ccc(-c3ccc4c(c3)oc3ccccc34)cc2)c2ccccc2-c2cccc3c2oc2cc4ccccc4cc23)c1. The number of furan rings is 2. The Balaban J connectivity index is 1.02. The van der Waals surface area contributed by atoms with Crippen molar-refractivity contribution in [2.24, 2.45) is 0 Å². The third-order valence-corrected chi connectivity index (χ3v) is 11.8. The summed E-state index contributed by atoms with van der Waals surface area (Å²) in [6, 6.07) is 75.8. The van der Waals surface area contributed by atoms with Gasteiger partial charge >= 0.3 is 0 Å². The molecule has 0 saturated heterocycles. The summed E-state index contributed by atoms with van der Waals surface area (Å²) in [5.74, 6) is 0. The largest absolute Gasteiger partial charge is 0.456 e. The van der Waals surface area contributed by atoms with Gasteiger partial charge in [0.05, 0.1) is 5.69 Å². The molecule has 12 rings (SSSR count). The van der Waals surface area contributed by atoms with Crippen molar-refractivity contribution in [2.45, 2.75) is 0 Å². The van der Waals surface area contributed by atoms with Gasteiger partial charge in [0.15, 0.2) is 0 Å². The van der Waals surface area contributed by atoms with Crippen molar-refractivity contribution in [3.63, 3.8) is 0 Å². The Kier molecular flexibility index (Phi) is 7.54. The monoisotopic (exact) mass is 753 g/mol. The molecule has 276 valence electrons. The van der Waals surface area contributed by atoms with E-state index in [4.69, 9.17) is 8.83 Å². The topological polar surface area (TPSA) is 29.5 Å². The van der Waals surface area contributed by atoms with Gasteiger partial charge in [-0.1, -0.05) is 146 Å². The summed E-state index contributed by atoms with van der Waals surface area (Å²) in [6.45, 7) is 0. The van der Waals surface area contributed by atoms with Crippen LogP contribution in [0.5, 0.6) is 0 Å². The molecule has 12 aromatic rings. The van der Waals surface area contributed by atoms with E-state index in [1.54, 1.807) is 0 Å². The first-order chi connectivity index (χ1) is 29.2. The van der Waals surface area contributed by atoms with Crippen molar-refractivity contribution < 1.29 is 8.83 Å². The molecular formula is C56H35NO2. The van der Waals surface area contributed by atoms with Gasteiger partial charge in [-0.2, -0.15) is 0 Å². The highest BCUT2D eigenvalue weighted by atomic mass is 16.3. The highest BCUT2D eigenvalue weighted by Crippen LogP contribution is 2.46. The Labute approximate surface area is 340 Å². The number of benzene rings is 10. The quantitative estimate of drug-likeness (QED) is 0.169. The lowest BCUT2D eigenvalue weighted by Gasteiger charge is -2.28. The Hall–Kier alpha value is -7.88. The molecule has 10 aromatic carbocycles. The molecule has 0 saturated carbocycles. The van der Waals surface area contributed by atoms with E-state index in [9.17, 15) is 0 Å². The third kappa shape index (κ3) is 5.59. The fraction of sp³-hybridized carbons (Fsp3) is 0. The van der Waals surface area contributed by atoms with Gasteiger partial charge in [-0.25, -0.2) is 0 Å². The number of anilines is 3. The van der Waals surface area contributed by atoms with Crippen molar-refractivity contribution in [3.05, 3.63) is 212 Å². The smallest absolute Gasteiger partial charge is 0.143 e. The van der Waals surface area contributed by atoms with Crippen LogP contribution in [0.25, 0.3) is 98.8 Å². The van der Waals surface area contributed by atoms with E-state index in [0.29, 0.717) is 0 Å². The zero-order valence-electron chi connectivity index (χ0n) is 32.0. The maximum Gasteiger partial charge on any atom is 0.143 e. The van der Waals surface area contributed by atoms with Crippen LogP contribution in [0, 0.1) is 0 Å². The molecule has 0 fully saturated rings. The molecule has 2 heterocycles. The van der Waals surface area contributed by atoms with Gasteiger partial charge < -0.3 is 13.7 Å². The average Bonchev–Trinajstić information content (AvgIpc) is 3.86. The summed E-state index contributed by atoms with van der Waals surface area (Å²) in [6.07, 6.45) is 0. The van der Waals surface area contributed by atoms with Crippen LogP contribution in [0.4, 0.5) is 17.1 Å². The molecule has 0 spiro atoms. The van der Waals surface area contributed by atoms with Gasteiger partial charge in [-0.3, -0.25) is 0 Å². The maximum atomic E-state index is 6.79. The minimum atomic E-state index is 0.881. The number of fused-ring (bicyclic) bond motifs is 8. The Morgan fingerprint density at radius 3 is 1.78 bits per heavy atom. The van der Waals surface area contributed by atoms with Crippen molar-refractivity contribution in [2.75, 3.05) is 4.90 Å². The molecule has 0 N–H and O–H groups in total. The van der Waals surface area contributed by atoms with Crippen molar-refractivity contribution >= 4 is 82.5 Å². The zero-order chi connectivity index (χ0) is 38.9. The average molecular weight is 754 g/mol. The molecule has 0 bridgehead atoms. The summed E-state index contributed by atoms with van der Waals surface area (Å²) in [7, 11) is 0. The first-order valence-electron chi connectivity index (χ1n) is 20.1. The van der Waals surface area contributed by atoms with Gasteiger partial charge in [-0.05, 0) is 111 Å². The molecule has 0 atom stereocenters. The Morgan fingerprint density at radius 2 is 0.898 bits per heavy atom. The Bertz CT molecular complexity index is 3570. The maximum absolute atomic E-state index is 6.79. The second kappa shape index (κ2) is 13.4. The number of hydrogen-bond donors (Lipinski definition) is 0. The second-order valence-corrected chi connectivity index (χ2v) is 15.3.